The fourth-order valence-electron chi connectivity index (χ4n) is 2.38. The Morgan fingerprint density at radius 1 is 1.26 bits per heavy atom. The zero-order valence-electron chi connectivity index (χ0n) is 13.0. The molecular weight excluding hydrogens is 293 g/mol. The van der Waals surface area contributed by atoms with Crippen molar-refractivity contribution in [3.05, 3.63) is 35.4 Å². The molecule has 1 aromatic carbocycles. The number of rotatable bonds is 5. The van der Waals surface area contributed by atoms with E-state index in [4.69, 9.17) is 10.5 Å². The summed E-state index contributed by atoms with van der Waals surface area (Å²) >= 11 is 0. The molecule has 0 aliphatic carbocycles. The number of benzene rings is 1. The van der Waals surface area contributed by atoms with Crippen LogP contribution in [0, 0.1) is 0 Å². The molecular formula is C15H16BN5O2. The highest BCUT2D eigenvalue weighted by atomic mass is 16.5. The van der Waals surface area contributed by atoms with Crippen LogP contribution < -0.4 is 16.2 Å². The average molecular weight is 309 g/mol. The Morgan fingerprint density at radius 3 is 2.65 bits per heavy atom. The summed E-state index contributed by atoms with van der Waals surface area (Å²) in [5.74, 6) is 0.302. The Bertz CT molecular complexity index is 860. The van der Waals surface area contributed by atoms with Crippen LogP contribution in [0.5, 0.6) is 6.01 Å². The number of imidazole rings is 1. The lowest BCUT2D eigenvalue weighted by atomic mass is 10.1. The molecule has 3 rings (SSSR count). The summed E-state index contributed by atoms with van der Waals surface area (Å²) in [5.41, 5.74) is 9.62. The second kappa shape index (κ2) is 6.08. The number of nitrogen functional groups attached to an aromatic ring is 1. The van der Waals surface area contributed by atoms with Crippen LogP contribution in [0.2, 0.25) is 0 Å². The number of anilines is 1. The highest BCUT2D eigenvalue weighted by Crippen LogP contribution is 2.19. The highest BCUT2D eigenvalue weighted by molar-refractivity contribution is 6.30. The van der Waals surface area contributed by atoms with Gasteiger partial charge in [-0.3, -0.25) is 4.79 Å². The zero-order chi connectivity index (χ0) is 16.4. The van der Waals surface area contributed by atoms with Crippen molar-refractivity contribution in [3.63, 3.8) is 0 Å². The number of hydrogen-bond acceptors (Lipinski definition) is 6. The molecule has 0 spiro atoms. The molecule has 0 radical (unpaired) electrons. The van der Waals surface area contributed by atoms with Crippen LogP contribution in [0.4, 0.5) is 5.82 Å². The van der Waals surface area contributed by atoms with E-state index in [-0.39, 0.29) is 6.01 Å². The summed E-state index contributed by atoms with van der Waals surface area (Å²) < 4.78 is 7.31. The second-order valence-electron chi connectivity index (χ2n) is 5.10. The molecule has 0 bridgehead atoms. The molecule has 8 heteroatoms. The first kappa shape index (κ1) is 15.0. The molecule has 0 aliphatic heterocycles. The number of ether oxygens (including phenoxy) is 1. The van der Waals surface area contributed by atoms with E-state index in [1.165, 1.54) is 0 Å². The summed E-state index contributed by atoms with van der Waals surface area (Å²) in [6.07, 6.45) is 0.823. The number of nitrogens with two attached hydrogens (primary N) is 1. The molecule has 2 aromatic heterocycles. The smallest absolute Gasteiger partial charge is 0.320 e. The van der Waals surface area contributed by atoms with Gasteiger partial charge >= 0.3 is 6.01 Å². The van der Waals surface area contributed by atoms with Gasteiger partial charge in [0.1, 0.15) is 11.8 Å². The Morgan fingerprint density at radius 2 is 2.00 bits per heavy atom. The van der Waals surface area contributed by atoms with Crippen LogP contribution in [0.25, 0.3) is 11.2 Å². The van der Waals surface area contributed by atoms with Crippen LogP contribution in [0.15, 0.2) is 24.3 Å². The molecule has 3 aromatic rings. The molecule has 0 saturated heterocycles. The molecule has 116 valence electrons. The Hall–Kier alpha value is -2.90. The molecule has 0 amide bonds. The van der Waals surface area contributed by atoms with Gasteiger partial charge in [0.05, 0.1) is 12.3 Å². The van der Waals surface area contributed by atoms with Gasteiger partial charge in [0, 0.05) is 12.1 Å². The number of carbonyl (C=O) groups excluding carboxylic acids is 1. The standard InChI is InChI=1S/C15H16BN5O2/c1-2-23-15-19-12(17)11-13(20-15)21(14(16)18-11)7-9-3-5-10(8-22)6-4-9/h3-6,8H,2,7,16H2,1H3,(H2,17,19,20). The monoisotopic (exact) mass is 309 g/mol. The van der Waals surface area contributed by atoms with Gasteiger partial charge in [-0.25, -0.2) is 4.98 Å². The quantitative estimate of drug-likeness (QED) is 0.523. The van der Waals surface area contributed by atoms with Gasteiger partial charge in [0.15, 0.2) is 19.3 Å². The Kier molecular flexibility index (Phi) is 3.97. The van der Waals surface area contributed by atoms with Gasteiger partial charge in [0.25, 0.3) is 0 Å². The second-order valence-corrected chi connectivity index (χ2v) is 5.10. The third-order valence-corrected chi connectivity index (χ3v) is 3.52. The first-order valence-electron chi connectivity index (χ1n) is 7.29. The van der Waals surface area contributed by atoms with Crippen molar-refractivity contribution in [2.75, 3.05) is 12.3 Å². The summed E-state index contributed by atoms with van der Waals surface area (Å²) in [5, 5.41) is 0. The average Bonchev–Trinajstić information content (AvgIpc) is 2.86. The van der Waals surface area contributed by atoms with Crippen molar-refractivity contribution in [2.45, 2.75) is 13.5 Å². The van der Waals surface area contributed by atoms with Crippen molar-refractivity contribution in [1.29, 1.82) is 0 Å². The van der Waals surface area contributed by atoms with Gasteiger partial charge < -0.3 is 15.0 Å². The molecule has 0 fully saturated rings. The van der Waals surface area contributed by atoms with Gasteiger partial charge in [0.2, 0.25) is 0 Å². The van der Waals surface area contributed by atoms with Crippen molar-refractivity contribution < 1.29 is 9.53 Å². The molecule has 0 atom stereocenters. The molecule has 7 nitrogen and oxygen atoms in total. The summed E-state index contributed by atoms with van der Waals surface area (Å²) in [4.78, 5) is 23.7. The van der Waals surface area contributed by atoms with Crippen LogP contribution in [0.3, 0.4) is 0 Å². The van der Waals surface area contributed by atoms with E-state index in [2.05, 4.69) is 15.0 Å². The minimum absolute atomic E-state index is 0.245. The lowest BCUT2D eigenvalue weighted by Gasteiger charge is -2.08. The lowest BCUT2D eigenvalue weighted by molar-refractivity contribution is 0.112. The van der Waals surface area contributed by atoms with Crippen LogP contribution in [-0.2, 0) is 6.54 Å². The van der Waals surface area contributed by atoms with E-state index in [1.54, 1.807) is 12.1 Å². The molecule has 0 saturated carbocycles. The Labute approximate surface area is 133 Å². The maximum Gasteiger partial charge on any atom is 0.320 e. The van der Waals surface area contributed by atoms with E-state index >= 15 is 0 Å². The first-order valence-corrected chi connectivity index (χ1v) is 7.29. The number of nitrogens with zero attached hydrogens (tertiary/aromatic N) is 4. The van der Waals surface area contributed by atoms with Crippen LogP contribution in [0.1, 0.15) is 22.8 Å². The zero-order valence-corrected chi connectivity index (χ0v) is 13.0. The molecule has 0 aliphatic rings. The molecule has 2 N–H and O–H groups in total. The van der Waals surface area contributed by atoms with Crippen LogP contribution in [-0.4, -0.2) is 40.3 Å². The van der Waals surface area contributed by atoms with Crippen molar-refractivity contribution in [1.82, 2.24) is 19.5 Å². The maximum absolute atomic E-state index is 10.7. The van der Waals surface area contributed by atoms with Gasteiger partial charge in [-0.1, -0.05) is 24.3 Å². The van der Waals surface area contributed by atoms with E-state index in [1.807, 2.05) is 31.5 Å². The van der Waals surface area contributed by atoms with E-state index < -0.39 is 0 Å². The fraction of sp³-hybridized carbons (Fsp3) is 0.200. The molecule has 2 heterocycles. The first-order chi connectivity index (χ1) is 11.1. The molecule has 0 unspecified atom stereocenters. The fourth-order valence-corrected chi connectivity index (χ4v) is 2.38. The minimum atomic E-state index is 0.245. The number of aromatic nitrogens is 4. The summed E-state index contributed by atoms with van der Waals surface area (Å²) in [6.45, 7) is 2.90. The number of hydrogen-bond donors (Lipinski definition) is 1. The Balaban J connectivity index is 2.04. The predicted octanol–water partition coefficient (Wildman–Crippen LogP) is -0.0736. The molecule has 23 heavy (non-hydrogen) atoms. The highest BCUT2D eigenvalue weighted by Gasteiger charge is 2.15. The van der Waals surface area contributed by atoms with Gasteiger partial charge in [-0.15, -0.1) is 0 Å². The van der Waals surface area contributed by atoms with Crippen LogP contribution >= 0.6 is 0 Å². The van der Waals surface area contributed by atoms with Gasteiger partial charge in [-0.05, 0) is 12.5 Å². The van der Waals surface area contributed by atoms with Gasteiger partial charge in [-0.2, -0.15) is 9.97 Å². The van der Waals surface area contributed by atoms with E-state index in [0.717, 1.165) is 17.6 Å². The van der Waals surface area contributed by atoms with E-state index in [9.17, 15) is 4.79 Å². The SMILES string of the molecule is Bc1nc2c(N)nc(OCC)nc2n1Cc1ccc(C=O)cc1. The third kappa shape index (κ3) is 2.87. The normalized spacial score (nSPS) is 10.8. The largest absolute Gasteiger partial charge is 0.464 e. The topological polar surface area (TPSA) is 95.9 Å². The summed E-state index contributed by atoms with van der Waals surface area (Å²) in [7, 11) is 1.89. The van der Waals surface area contributed by atoms with Crippen molar-refractivity contribution in [2.24, 2.45) is 0 Å². The number of aldehydes is 1. The number of fused-ring (bicyclic) bond motifs is 1. The minimum Gasteiger partial charge on any atom is -0.464 e. The lowest BCUT2D eigenvalue weighted by Crippen LogP contribution is -2.20. The van der Waals surface area contributed by atoms with Crippen molar-refractivity contribution in [3.8, 4) is 6.01 Å². The predicted molar refractivity (Wildman–Crippen MR) is 90.0 cm³/mol. The number of carbonyl (C=O) groups is 1. The van der Waals surface area contributed by atoms with Crippen molar-refractivity contribution >= 4 is 36.8 Å². The summed E-state index contributed by atoms with van der Waals surface area (Å²) in [6, 6.07) is 7.62. The third-order valence-electron chi connectivity index (χ3n) is 3.52. The van der Waals surface area contributed by atoms with E-state index in [0.29, 0.717) is 35.7 Å². The maximum atomic E-state index is 10.7.